The van der Waals surface area contributed by atoms with Crippen molar-refractivity contribution >= 4 is 22.9 Å². The Hall–Kier alpha value is -1.13. The smallest absolute Gasteiger partial charge is 0.207 e. The van der Waals surface area contributed by atoms with Crippen LogP contribution in [0.5, 0.6) is 5.75 Å². The fourth-order valence-electron chi connectivity index (χ4n) is 1.71. The van der Waals surface area contributed by atoms with Crippen molar-refractivity contribution in [1.29, 1.82) is 0 Å². The number of ether oxygens (including phenoxy) is 1. The first kappa shape index (κ1) is 14.3. The molecule has 0 bridgehead atoms. The molecule has 0 spiro atoms. The van der Waals surface area contributed by atoms with Crippen LogP contribution in [0.25, 0.3) is 0 Å². The van der Waals surface area contributed by atoms with Crippen LogP contribution in [-0.2, 0) is 12.0 Å². The maximum absolute atomic E-state index is 5.75. The van der Waals surface area contributed by atoms with Crippen LogP contribution < -0.4 is 4.74 Å². The minimum Gasteiger partial charge on any atom is -0.486 e. The number of rotatable bonds is 3. The molecular weight excluding hydrogens is 280 g/mol. The Morgan fingerprint density at radius 1 is 1.26 bits per heavy atom. The minimum absolute atomic E-state index is 0.149. The fourth-order valence-corrected chi connectivity index (χ4v) is 2.49. The quantitative estimate of drug-likeness (QED) is 0.843. The van der Waals surface area contributed by atoms with Gasteiger partial charge >= 0.3 is 0 Å². The van der Waals surface area contributed by atoms with E-state index in [2.05, 4.69) is 50.0 Å². The average Bonchev–Trinajstić information content (AvgIpc) is 2.72. The monoisotopic (exact) mass is 296 g/mol. The van der Waals surface area contributed by atoms with E-state index >= 15 is 0 Å². The summed E-state index contributed by atoms with van der Waals surface area (Å²) in [5, 5.41) is 8.46. The van der Waals surface area contributed by atoms with Gasteiger partial charge in [-0.3, -0.25) is 0 Å². The number of aryl methyl sites for hydroxylation is 1. The van der Waals surface area contributed by atoms with Crippen LogP contribution in [0, 0.1) is 6.92 Å². The molecular formula is C14H17ClN2OS. The highest BCUT2D eigenvalue weighted by Crippen LogP contribution is 2.28. The van der Waals surface area contributed by atoms with Crippen LogP contribution in [0.15, 0.2) is 18.2 Å². The van der Waals surface area contributed by atoms with Crippen molar-refractivity contribution in [1.82, 2.24) is 10.2 Å². The van der Waals surface area contributed by atoms with E-state index < -0.39 is 0 Å². The van der Waals surface area contributed by atoms with Gasteiger partial charge in [0.25, 0.3) is 0 Å². The third-order valence-corrected chi connectivity index (χ3v) is 3.83. The Morgan fingerprint density at radius 3 is 2.53 bits per heavy atom. The van der Waals surface area contributed by atoms with Crippen LogP contribution in [-0.4, -0.2) is 10.2 Å². The third kappa shape index (κ3) is 3.67. The lowest BCUT2D eigenvalue weighted by Gasteiger charge is -2.20. The molecule has 1 heterocycles. The molecule has 1 aromatic heterocycles. The highest BCUT2D eigenvalue weighted by atomic mass is 35.5. The molecule has 0 unspecified atom stereocenters. The molecule has 0 fully saturated rings. The van der Waals surface area contributed by atoms with Crippen molar-refractivity contribution in [2.75, 3.05) is 0 Å². The van der Waals surface area contributed by atoms with Gasteiger partial charge in [-0.1, -0.05) is 44.2 Å². The third-order valence-electron chi connectivity index (χ3n) is 2.83. The topological polar surface area (TPSA) is 35.0 Å². The Labute approximate surface area is 122 Å². The van der Waals surface area contributed by atoms with Gasteiger partial charge in [0, 0.05) is 0 Å². The summed E-state index contributed by atoms with van der Waals surface area (Å²) >= 11 is 7.07. The maximum Gasteiger partial charge on any atom is 0.207 e. The summed E-state index contributed by atoms with van der Waals surface area (Å²) in [5.41, 5.74) is 2.58. The highest BCUT2D eigenvalue weighted by molar-refractivity contribution is 7.15. The van der Waals surface area contributed by atoms with Crippen molar-refractivity contribution in [3.05, 3.63) is 38.8 Å². The molecule has 2 rings (SSSR count). The molecule has 0 aliphatic rings. The lowest BCUT2D eigenvalue weighted by molar-refractivity contribution is 0.302. The van der Waals surface area contributed by atoms with Gasteiger partial charge < -0.3 is 4.74 Å². The van der Waals surface area contributed by atoms with Gasteiger partial charge in [0.2, 0.25) is 4.47 Å². The molecule has 5 heteroatoms. The first-order valence-corrected chi connectivity index (χ1v) is 7.27. The molecule has 0 atom stereocenters. The van der Waals surface area contributed by atoms with Crippen LogP contribution in [0.1, 0.15) is 36.9 Å². The average molecular weight is 297 g/mol. The zero-order valence-electron chi connectivity index (χ0n) is 11.5. The predicted molar refractivity (Wildman–Crippen MR) is 79.1 cm³/mol. The van der Waals surface area contributed by atoms with E-state index in [-0.39, 0.29) is 5.41 Å². The number of halogens is 1. The van der Waals surface area contributed by atoms with E-state index in [1.165, 1.54) is 16.9 Å². The first-order valence-electron chi connectivity index (χ1n) is 6.08. The van der Waals surface area contributed by atoms with Crippen LogP contribution in [0.4, 0.5) is 0 Å². The van der Waals surface area contributed by atoms with E-state index in [1.54, 1.807) is 0 Å². The Morgan fingerprint density at radius 2 is 2.00 bits per heavy atom. The highest BCUT2D eigenvalue weighted by Gasteiger charge is 2.15. The molecule has 0 saturated carbocycles. The molecule has 0 amide bonds. The number of hydrogen-bond donors (Lipinski definition) is 0. The van der Waals surface area contributed by atoms with E-state index in [0.717, 1.165) is 16.3 Å². The predicted octanol–water partition coefficient (Wildman–Crippen LogP) is 4.38. The maximum atomic E-state index is 5.75. The van der Waals surface area contributed by atoms with Gasteiger partial charge in [0.15, 0.2) is 5.01 Å². The summed E-state index contributed by atoms with van der Waals surface area (Å²) in [6.07, 6.45) is 0. The van der Waals surface area contributed by atoms with E-state index in [0.29, 0.717) is 11.1 Å². The molecule has 2 aromatic rings. The molecule has 1 aromatic carbocycles. The van der Waals surface area contributed by atoms with E-state index in [4.69, 9.17) is 16.3 Å². The summed E-state index contributed by atoms with van der Waals surface area (Å²) in [7, 11) is 0. The molecule has 0 aliphatic heterocycles. The second kappa shape index (κ2) is 5.47. The summed E-state index contributed by atoms with van der Waals surface area (Å²) in [4.78, 5) is 0. The van der Waals surface area contributed by atoms with Crippen LogP contribution in [0.3, 0.4) is 0 Å². The number of hydrogen-bond acceptors (Lipinski definition) is 4. The lowest BCUT2D eigenvalue weighted by Crippen LogP contribution is -2.11. The normalized spacial score (nSPS) is 11.6. The van der Waals surface area contributed by atoms with Gasteiger partial charge in [0.05, 0.1) is 0 Å². The number of aromatic nitrogens is 2. The van der Waals surface area contributed by atoms with Gasteiger partial charge in [-0.15, -0.1) is 10.2 Å². The molecule has 0 aliphatic carbocycles. The molecule has 19 heavy (non-hydrogen) atoms. The van der Waals surface area contributed by atoms with E-state index in [9.17, 15) is 0 Å². The number of benzene rings is 1. The number of nitrogens with zero attached hydrogens (tertiary/aromatic N) is 2. The molecule has 3 nitrogen and oxygen atoms in total. The molecule has 0 N–H and O–H groups in total. The van der Waals surface area contributed by atoms with Crippen LogP contribution >= 0.6 is 22.9 Å². The van der Waals surface area contributed by atoms with Gasteiger partial charge in [-0.25, -0.2) is 0 Å². The minimum atomic E-state index is 0.149. The second-order valence-electron chi connectivity index (χ2n) is 5.47. The van der Waals surface area contributed by atoms with Crippen LogP contribution in [0.2, 0.25) is 4.47 Å². The van der Waals surface area contributed by atoms with Gasteiger partial charge in [0.1, 0.15) is 12.4 Å². The Balaban J connectivity index is 2.09. The largest absolute Gasteiger partial charge is 0.486 e. The van der Waals surface area contributed by atoms with Gasteiger partial charge in [-0.05, 0) is 41.1 Å². The summed E-state index contributed by atoms with van der Waals surface area (Å²) < 4.78 is 6.20. The zero-order chi connectivity index (χ0) is 14.0. The molecule has 102 valence electrons. The van der Waals surface area contributed by atoms with Crippen molar-refractivity contribution in [3.63, 3.8) is 0 Å². The SMILES string of the molecule is Cc1cc(C(C)(C)C)ccc1OCc1nnc(Cl)s1. The zero-order valence-corrected chi connectivity index (χ0v) is 13.1. The standard InChI is InChI=1S/C14H17ClN2OS/c1-9-7-10(14(2,3)4)5-6-11(9)18-8-12-16-17-13(15)19-12/h5-7H,8H2,1-4H3. The summed E-state index contributed by atoms with van der Waals surface area (Å²) in [6.45, 7) is 9.06. The first-order chi connectivity index (χ1) is 8.86. The van der Waals surface area contributed by atoms with Crippen molar-refractivity contribution in [2.45, 2.75) is 39.7 Å². The molecule has 0 saturated heterocycles. The second-order valence-corrected chi connectivity index (χ2v) is 7.11. The van der Waals surface area contributed by atoms with Gasteiger partial charge in [-0.2, -0.15) is 0 Å². The Bertz CT molecular complexity index is 575. The summed E-state index contributed by atoms with van der Waals surface area (Å²) in [6, 6.07) is 6.29. The van der Waals surface area contributed by atoms with Crippen molar-refractivity contribution in [3.8, 4) is 5.75 Å². The molecule has 0 radical (unpaired) electrons. The fraction of sp³-hybridized carbons (Fsp3) is 0.429. The van der Waals surface area contributed by atoms with Crippen molar-refractivity contribution in [2.24, 2.45) is 0 Å². The Kier molecular flexibility index (Phi) is 4.11. The van der Waals surface area contributed by atoms with Crippen molar-refractivity contribution < 1.29 is 4.74 Å². The summed E-state index contributed by atoms with van der Waals surface area (Å²) in [5.74, 6) is 0.874. The van der Waals surface area contributed by atoms with E-state index in [1.807, 2.05) is 6.07 Å². The lowest BCUT2D eigenvalue weighted by atomic mass is 9.86.